The third-order valence-corrected chi connectivity index (χ3v) is 10.6. The number of nitrogens with zero attached hydrogens (tertiary/aromatic N) is 4. The number of likely N-dealkylation sites (tertiary alicyclic amines) is 1. The molecule has 0 aromatic heterocycles. The van der Waals surface area contributed by atoms with E-state index in [-0.39, 0.29) is 41.1 Å². The molecule has 2 aromatic rings. The lowest BCUT2D eigenvalue weighted by Crippen LogP contribution is -2.54. The predicted molar refractivity (Wildman–Crippen MR) is 177 cm³/mol. The maximum Gasteiger partial charge on any atom is 0.322 e. The zero-order valence-electron chi connectivity index (χ0n) is 26.8. The number of amides is 4. The van der Waals surface area contributed by atoms with Crippen molar-refractivity contribution < 1.29 is 24.2 Å². The average molecular weight is 652 g/mol. The molecule has 1 unspecified atom stereocenters. The van der Waals surface area contributed by atoms with E-state index in [1.165, 1.54) is 0 Å². The number of hydrogen-bond acceptors (Lipinski definition) is 6. The first-order chi connectivity index (χ1) is 22.3. The second-order valence-corrected chi connectivity index (χ2v) is 13.6. The number of anilines is 1. The van der Waals surface area contributed by atoms with Crippen molar-refractivity contribution in [1.82, 2.24) is 19.6 Å². The van der Waals surface area contributed by atoms with E-state index in [9.17, 15) is 19.5 Å². The Morgan fingerprint density at radius 1 is 0.957 bits per heavy atom. The van der Waals surface area contributed by atoms with E-state index < -0.39 is 5.92 Å². The number of piperazine rings is 1. The molecule has 3 saturated heterocycles. The Hall–Kier alpha value is -3.34. The fourth-order valence-corrected chi connectivity index (χ4v) is 7.87. The number of rotatable bonds is 7. The molecule has 248 valence electrons. The maximum absolute atomic E-state index is 14.0. The van der Waals surface area contributed by atoms with Gasteiger partial charge in [0.2, 0.25) is 11.8 Å². The SMILES string of the molecule is Cc1cc(CC(CC(=O)N2CCC(N3CCc4ccccc4NC3=O)CC2)C(=O)N2CCN(C3CCOCC3)CC2)cc(Cl)c1O. The molecule has 6 rings (SSSR count). The van der Waals surface area contributed by atoms with Crippen LogP contribution < -0.4 is 5.32 Å². The van der Waals surface area contributed by atoms with Crippen LogP contribution in [0.25, 0.3) is 0 Å². The maximum atomic E-state index is 14.0. The molecule has 4 heterocycles. The minimum atomic E-state index is -0.533. The van der Waals surface area contributed by atoms with Gasteiger partial charge in [0.15, 0.2) is 0 Å². The number of halogens is 1. The molecule has 10 nitrogen and oxygen atoms in total. The molecule has 0 bridgehead atoms. The number of carbonyl (C=O) groups is 3. The number of hydrogen-bond donors (Lipinski definition) is 2. The number of nitrogens with one attached hydrogen (secondary N) is 1. The zero-order chi connectivity index (χ0) is 32.2. The van der Waals surface area contributed by atoms with Crippen molar-refractivity contribution in [2.75, 3.05) is 64.3 Å². The van der Waals surface area contributed by atoms with Crippen molar-refractivity contribution in [2.45, 2.75) is 64.0 Å². The van der Waals surface area contributed by atoms with Crippen LogP contribution in [-0.2, 0) is 27.2 Å². The number of para-hydroxylation sites is 1. The van der Waals surface area contributed by atoms with Gasteiger partial charge in [0, 0.05) is 83.2 Å². The van der Waals surface area contributed by atoms with Gasteiger partial charge in [-0.05, 0) is 74.3 Å². The van der Waals surface area contributed by atoms with Crippen LogP contribution in [0.1, 0.15) is 48.8 Å². The Morgan fingerprint density at radius 2 is 1.67 bits per heavy atom. The fraction of sp³-hybridized carbons (Fsp3) is 0.571. The summed E-state index contributed by atoms with van der Waals surface area (Å²) in [6.07, 6.45) is 4.74. The summed E-state index contributed by atoms with van der Waals surface area (Å²) in [7, 11) is 0. The summed E-state index contributed by atoms with van der Waals surface area (Å²) >= 11 is 6.31. The monoisotopic (exact) mass is 651 g/mol. The Morgan fingerprint density at radius 3 is 2.39 bits per heavy atom. The predicted octanol–water partition coefficient (Wildman–Crippen LogP) is 4.31. The van der Waals surface area contributed by atoms with Gasteiger partial charge in [-0.15, -0.1) is 0 Å². The molecular weight excluding hydrogens is 606 g/mol. The Bertz CT molecular complexity index is 1390. The number of piperidine rings is 1. The molecular formula is C35H46ClN5O5. The number of fused-ring (bicyclic) bond motifs is 1. The summed E-state index contributed by atoms with van der Waals surface area (Å²) in [6, 6.07) is 12.0. The van der Waals surface area contributed by atoms with Crippen LogP contribution in [0.4, 0.5) is 10.5 Å². The van der Waals surface area contributed by atoms with E-state index in [1.807, 2.05) is 39.0 Å². The molecule has 3 fully saturated rings. The van der Waals surface area contributed by atoms with E-state index in [1.54, 1.807) is 13.0 Å². The van der Waals surface area contributed by atoms with E-state index in [0.717, 1.165) is 62.4 Å². The Labute approximate surface area is 276 Å². The fourth-order valence-electron chi connectivity index (χ4n) is 7.58. The molecule has 4 amide bonds. The minimum Gasteiger partial charge on any atom is -0.506 e. The number of carbonyl (C=O) groups excluding carboxylic acids is 3. The van der Waals surface area contributed by atoms with Crippen molar-refractivity contribution >= 4 is 35.1 Å². The Kier molecular flexibility index (Phi) is 10.4. The van der Waals surface area contributed by atoms with Crippen LogP contribution in [0.2, 0.25) is 5.02 Å². The summed E-state index contributed by atoms with van der Waals surface area (Å²) < 4.78 is 5.54. The van der Waals surface area contributed by atoms with Gasteiger partial charge in [-0.25, -0.2) is 4.79 Å². The molecule has 2 N–H and O–H groups in total. The first-order valence-electron chi connectivity index (χ1n) is 16.8. The van der Waals surface area contributed by atoms with E-state index in [4.69, 9.17) is 16.3 Å². The molecule has 1 atom stereocenters. The first kappa shape index (κ1) is 32.6. The van der Waals surface area contributed by atoms with E-state index in [2.05, 4.69) is 16.3 Å². The van der Waals surface area contributed by atoms with Crippen LogP contribution >= 0.6 is 11.6 Å². The lowest BCUT2D eigenvalue weighted by atomic mass is 9.92. The van der Waals surface area contributed by atoms with Gasteiger partial charge in [-0.3, -0.25) is 14.5 Å². The van der Waals surface area contributed by atoms with Crippen molar-refractivity contribution in [3.8, 4) is 5.75 Å². The van der Waals surface area contributed by atoms with Gasteiger partial charge in [0.1, 0.15) is 5.75 Å². The van der Waals surface area contributed by atoms with E-state index in [0.29, 0.717) is 63.6 Å². The molecule has 0 saturated carbocycles. The highest BCUT2D eigenvalue weighted by atomic mass is 35.5. The van der Waals surface area contributed by atoms with Gasteiger partial charge < -0.3 is 29.9 Å². The molecule has 0 radical (unpaired) electrons. The van der Waals surface area contributed by atoms with Crippen molar-refractivity contribution in [3.63, 3.8) is 0 Å². The molecule has 0 spiro atoms. The third kappa shape index (κ3) is 7.45. The van der Waals surface area contributed by atoms with Gasteiger partial charge in [-0.1, -0.05) is 35.9 Å². The summed E-state index contributed by atoms with van der Waals surface area (Å²) in [4.78, 5) is 49.1. The van der Waals surface area contributed by atoms with Crippen LogP contribution in [0.3, 0.4) is 0 Å². The first-order valence-corrected chi connectivity index (χ1v) is 17.2. The van der Waals surface area contributed by atoms with Gasteiger partial charge in [-0.2, -0.15) is 0 Å². The quantitative estimate of drug-likeness (QED) is 0.463. The largest absolute Gasteiger partial charge is 0.506 e. The summed E-state index contributed by atoms with van der Waals surface area (Å²) in [5.41, 5.74) is 3.48. The lowest BCUT2D eigenvalue weighted by molar-refractivity contribution is -0.143. The number of benzene rings is 2. The molecule has 4 aliphatic heterocycles. The number of urea groups is 1. The van der Waals surface area contributed by atoms with Crippen LogP contribution in [0.15, 0.2) is 36.4 Å². The molecule has 46 heavy (non-hydrogen) atoms. The smallest absolute Gasteiger partial charge is 0.322 e. The van der Waals surface area contributed by atoms with Crippen molar-refractivity contribution in [2.24, 2.45) is 5.92 Å². The second kappa shape index (κ2) is 14.6. The van der Waals surface area contributed by atoms with Crippen LogP contribution in [0, 0.1) is 12.8 Å². The summed E-state index contributed by atoms with van der Waals surface area (Å²) in [5.74, 6) is -0.530. The molecule has 11 heteroatoms. The highest BCUT2D eigenvalue weighted by molar-refractivity contribution is 6.32. The summed E-state index contributed by atoms with van der Waals surface area (Å²) in [6.45, 7) is 8.05. The highest BCUT2D eigenvalue weighted by Gasteiger charge is 2.35. The van der Waals surface area contributed by atoms with Crippen LogP contribution in [0.5, 0.6) is 5.75 Å². The number of ether oxygens (including phenoxy) is 1. The number of phenolic OH excluding ortho intramolecular Hbond substituents is 1. The number of aromatic hydroxyl groups is 1. The highest BCUT2D eigenvalue weighted by Crippen LogP contribution is 2.31. The standard InChI is InChI=1S/C35H46ClN5O5/c1-24-20-25(22-30(36)33(24)43)21-27(34(44)40-16-14-38(15-17-40)28-9-18-46-19-10-28)23-32(42)39-11-7-29(8-12-39)41-13-6-26-4-2-3-5-31(26)37-35(41)45/h2-5,20,22,27-29,43H,6-19,21,23H2,1H3,(H,37,45). The summed E-state index contributed by atoms with van der Waals surface area (Å²) in [5, 5.41) is 13.5. The third-order valence-electron chi connectivity index (χ3n) is 10.3. The molecule has 2 aromatic carbocycles. The number of phenols is 1. The van der Waals surface area contributed by atoms with Gasteiger partial charge in [0.05, 0.1) is 10.9 Å². The van der Waals surface area contributed by atoms with Crippen molar-refractivity contribution in [1.29, 1.82) is 0 Å². The Balaban J connectivity index is 1.09. The molecule has 4 aliphatic rings. The van der Waals surface area contributed by atoms with Crippen molar-refractivity contribution in [3.05, 3.63) is 58.1 Å². The van der Waals surface area contributed by atoms with Crippen LogP contribution in [-0.4, -0.2) is 114 Å². The number of aryl methyl sites for hydroxylation is 1. The molecule has 0 aliphatic carbocycles. The average Bonchev–Trinajstić information content (AvgIpc) is 3.25. The normalized spacial score (nSPS) is 21.0. The van der Waals surface area contributed by atoms with E-state index >= 15 is 0 Å². The zero-order valence-corrected chi connectivity index (χ0v) is 27.5. The topological polar surface area (TPSA) is 106 Å². The second-order valence-electron chi connectivity index (χ2n) is 13.2. The van der Waals surface area contributed by atoms with Gasteiger partial charge >= 0.3 is 6.03 Å². The lowest BCUT2D eigenvalue weighted by Gasteiger charge is -2.41. The minimum absolute atomic E-state index is 0.00230. The van der Waals surface area contributed by atoms with Gasteiger partial charge in [0.25, 0.3) is 0 Å².